The minimum Gasteiger partial charge on any atom is -0.495 e. The van der Waals surface area contributed by atoms with Gasteiger partial charge in [-0.05, 0) is 42.3 Å². The zero-order chi connectivity index (χ0) is 21.7. The molecule has 3 aromatic rings. The van der Waals surface area contributed by atoms with Gasteiger partial charge in [-0.25, -0.2) is 4.79 Å². The van der Waals surface area contributed by atoms with Crippen LogP contribution in [0.15, 0.2) is 51.7 Å². The van der Waals surface area contributed by atoms with Crippen molar-refractivity contribution in [3.05, 3.63) is 58.4 Å². The third-order valence-corrected chi connectivity index (χ3v) is 4.35. The summed E-state index contributed by atoms with van der Waals surface area (Å²) in [4.78, 5) is 35.3. The second kappa shape index (κ2) is 9.13. The molecule has 2 aromatic carbocycles. The average Bonchev–Trinajstić information content (AvgIpc) is 2.71. The Bertz CT molecular complexity index is 1150. The van der Waals surface area contributed by atoms with E-state index in [1.54, 1.807) is 36.4 Å². The molecular formula is C22H22N2O6. The Morgan fingerprint density at radius 1 is 1.07 bits per heavy atom. The third kappa shape index (κ3) is 4.96. The maximum Gasteiger partial charge on any atom is 0.336 e. The molecule has 0 aliphatic carbocycles. The minimum absolute atomic E-state index is 0.227. The molecule has 0 spiro atoms. The van der Waals surface area contributed by atoms with Gasteiger partial charge in [-0.2, -0.15) is 0 Å². The number of ether oxygens (including phenoxy) is 2. The van der Waals surface area contributed by atoms with Crippen molar-refractivity contribution in [3.8, 4) is 11.5 Å². The van der Waals surface area contributed by atoms with Gasteiger partial charge in [0.25, 0.3) is 5.91 Å². The standard InChI is InChI=1S/C22H22N2O6/c1-4-14-9-22(27)30-20-11-16(6-7-17(14)20)29-12-21(26)24-18-10-15(23-13(2)25)5-8-19(18)28-3/h5-11H,4,12H2,1-3H3,(H,23,25)(H,24,26). The lowest BCUT2D eigenvalue weighted by Gasteiger charge is -2.13. The van der Waals surface area contributed by atoms with E-state index in [9.17, 15) is 14.4 Å². The predicted molar refractivity (Wildman–Crippen MR) is 113 cm³/mol. The summed E-state index contributed by atoms with van der Waals surface area (Å²) < 4.78 is 16.0. The van der Waals surface area contributed by atoms with E-state index in [1.165, 1.54) is 20.1 Å². The van der Waals surface area contributed by atoms with Gasteiger partial charge in [0.1, 0.15) is 17.1 Å². The Hall–Kier alpha value is -3.81. The summed E-state index contributed by atoms with van der Waals surface area (Å²) in [6.07, 6.45) is 0.699. The Morgan fingerprint density at radius 3 is 2.57 bits per heavy atom. The third-order valence-electron chi connectivity index (χ3n) is 4.35. The molecule has 0 unspecified atom stereocenters. The van der Waals surface area contributed by atoms with Crippen LogP contribution in [-0.4, -0.2) is 25.5 Å². The van der Waals surface area contributed by atoms with Gasteiger partial charge in [-0.1, -0.05) is 6.92 Å². The van der Waals surface area contributed by atoms with Gasteiger partial charge >= 0.3 is 5.63 Å². The second-order valence-corrected chi connectivity index (χ2v) is 6.54. The first-order valence-corrected chi connectivity index (χ1v) is 9.34. The fraction of sp³-hybridized carbons (Fsp3) is 0.227. The Morgan fingerprint density at radius 2 is 1.87 bits per heavy atom. The molecule has 1 heterocycles. The van der Waals surface area contributed by atoms with E-state index in [0.29, 0.717) is 34.9 Å². The summed E-state index contributed by atoms with van der Waals surface area (Å²) in [5.41, 5.74) is 1.78. The highest BCUT2D eigenvalue weighted by Gasteiger charge is 2.11. The van der Waals surface area contributed by atoms with Crippen molar-refractivity contribution in [2.45, 2.75) is 20.3 Å². The fourth-order valence-electron chi connectivity index (χ4n) is 3.01. The monoisotopic (exact) mass is 410 g/mol. The number of methoxy groups -OCH3 is 1. The maximum absolute atomic E-state index is 12.4. The van der Waals surface area contributed by atoms with Gasteiger partial charge in [0.05, 0.1) is 12.8 Å². The topological polar surface area (TPSA) is 107 Å². The highest BCUT2D eigenvalue weighted by Crippen LogP contribution is 2.28. The van der Waals surface area contributed by atoms with E-state index in [2.05, 4.69) is 10.6 Å². The van der Waals surface area contributed by atoms with Crippen molar-refractivity contribution >= 4 is 34.2 Å². The van der Waals surface area contributed by atoms with E-state index in [0.717, 1.165) is 10.9 Å². The van der Waals surface area contributed by atoms with Crippen LogP contribution in [0.25, 0.3) is 11.0 Å². The molecule has 0 radical (unpaired) electrons. The molecule has 0 atom stereocenters. The van der Waals surface area contributed by atoms with E-state index in [1.807, 2.05) is 6.92 Å². The number of rotatable bonds is 7. The Kier molecular flexibility index (Phi) is 6.36. The zero-order valence-corrected chi connectivity index (χ0v) is 16.9. The number of benzene rings is 2. The summed E-state index contributed by atoms with van der Waals surface area (Å²) in [7, 11) is 1.48. The Balaban J connectivity index is 1.71. The van der Waals surface area contributed by atoms with Gasteiger partial charge < -0.3 is 24.5 Å². The predicted octanol–water partition coefficient (Wildman–Crippen LogP) is 3.34. The lowest BCUT2D eigenvalue weighted by molar-refractivity contribution is -0.118. The van der Waals surface area contributed by atoms with E-state index in [4.69, 9.17) is 13.9 Å². The summed E-state index contributed by atoms with van der Waals surface area (Å²) in [5.74, 6) is 0.192. The first-order chi connectivity index (χ1) is 14.4. The number of carbonyl (C=O) groups is 2. The average molecular weight is 410 g/mol. The minimum atomic E-state index is -0.430. The number of fused-ring (bicyclic) bond motifs is 1. The zero-order valence-electron chi connectivity index (χ0n) is 16.9. The Labute approximate surface area is 172 Å². The van der Waals surface area contributed by atoms with Gasteiger partial charge in [-0.3, -0.25) is 9.59 Å². The molecule has 8 nitrogen and oxygen atoms in total. The number of anilines is 2. The van der Waals surface area contributed by atoms with Crippen LogP contribution in [-0.2, 0) is 16.0 Å². The van der Waals surface area contributed by atoms with Crippen LogP contribution < -0.4 is 25.7 Å². The molecule has 2 N–H and O–H groups in total. The van der Waals surface area contributed by atoms with Gasteiger partial charge in [0, 0.05) is 30.1 Å². The molecule has 8 heteroatoms. The van der Waals surface area contributed by atoms with Crippen LogP contribution in [0.5, 0.6) is 11.5 Å². The molecule has 1 aromatic heterocycles. The van der Waals surface area contributed by atoms with E-state index >= 15 is 0 Å². The summed E-state index contributed by atoms with van der Waals surface area (Å²) in [6, 6.07) is 11.5. The van der Waals surface area contributed by atoms with Crippen molar-refractivity contribution in [2.24, 2.45) is 0 Å². The van der Waals surface area contributed by atoms with Gasteiger partial charge in [-0.15, -0.1) is 0 Å². The van der Waals surface area contributed by atoms with Crippen molar-refractivity contribution in [3.63, 3.8) is 0 Å². The molecule has 0 saturated carbocycles. The smallest absolute Gasteiger partial charge is 0.336 e. The van der Waals surface area contributed by atoms with E-state index in [-0.39, 0.29) is 12.5 Å². The lowest BCUT2D eigenvalue weighted by atomic mass is 10.1. The number of hydrogen-bond donors (Lipinski definition) is 2. The molecule has 0 bridgehead atoms. The largest absolute Gasteiger partial charge is 0.495 e. The van der Waals surface area contributed by atoms with Crippen molar-refractivity contribution in [1.82, 2.24) is 0 Å². The van der Waals surface area contributed by atoms with Crippen molar-refractivity contribution in [1.29, 1.82) is 0 Å². The number of hydrogen-bond acceptors (Lipinski definition) is 6. The second-order valence-electron chi connectivity index (χ2n) is 6.54. The van der Waals surface area contributed by atoms with Crippen LogP contribution >= 0.6 is 0 Å². The van der Waals surface area contributed by atoms with Gasteiger partial charge in [0.15, 0.2) is 6.61 Å². The first kappa shape index (κ1) is 20.9. The van der Waals surface area contributed by atoms with Crippen LogP contribution in [0.1, 0.15) is 19.4 Å². The van der Waals surface area contributed by atoms with Crippen LogP contribution in [0.4, 0.5) is 11.4 Å². The molecule has 30 heavy (non-hydrogen) atoms. The van der Waals surface area contributed by atoms with Gasteiger partial charge in [0.2, 0.25) is 5.91 Å². The first-order valence-electron chi connectivity index (χ1n) is 9.34. The number of carbonyl (C=O) groups excluding carboxylic acids is 2. The molecule has 0 fully saturated rings. The molecule has 0 aliphatic rings. The highest BCUT2D eigenvalue weighted by molar-refractivity contribution is 5.95. The number of amides is 2. The molecular weight excluding hydrogens is 388 g/mol. The summed E-state index contributed by atoms with van der Waals surface area (Å²) >= 11 is 0. The summed E-state index contributed by atoms with van der Waals surface area (Å²) in [5, 5.41) is 6.17. The SMILES string of the molecule is CCc1cc(=O)oc2cc(OCC(=O)Nc3cc(NC(C)=O)ccc3OC)ccc12. The molecule has 0 saturated heterocycles. The molecule has 156 valence electrons. The van der Waals surface area contributed by atoms with Crippen molar-refractivity contribution in [2.75, 3.05) is 24.4 Å². The van der Waals surface area contributed by atoms with E-state index < -0.39 is 11.5 Å². The highest BCUT2D eigenvalue weighted by atomic mass is 16.5. The molecule has 0 aliphatic heterocycles. The molecule has 2 amide bonds. The van der Waals surface area contributed by atoms with Crippen molar-refractivity contribution < 1.29 is 23.5 Å². The normalized spacial score (nSPS) is 10.5. The van der Waals surface area contributed by atoms with Crippen LogP contribution in [0.3, 0.4) is 0 Å². The molecule has 3 rings (SSSR count). The van der Waals surface area contributed by atoms with Crippen LogP contribution in [0.2, 0.25) is 0 Å². The van der Waals surface area contributed by atoms with Crippen LogP contribution in [0, 0.1) is 0 Å². The lowest BCUT2D eigenvalue weighted by Crippen LogP contribution is -2.20. The summed E-state index contributed by atoms with van der Waals surface area (Å²) in [6.45, 7) is 3.08. The fourth-order valence-corrected chi connectivity index (χ4v) is 3.01. The number of nitrogens with one attached hydrogen (secondary N) is 2. The quantitative estimate of drug-likeness (QED) is 0.579. The number of aryl methyl sites for hydroxylation is 1. The maximum atomic E-state index is 12.4.